The molecule has 1 aliphatic heterocycles. The van der Waals surface area contributed by atoms with Crippen molar-refractivity contribution in [3.8, 4) is 5.75 Å². The van der Waals surface area contributed by atoms with E-state index < -0.39 is 5.97 Å². The van der Waals surface area contributed by atoms with Crippen molar-refractivity contribution >= 4 is 17.9 Å². The van der Waals surface area contributed by atoms with E-state index in [0.717, 1.165) is 5.56 Å². The van der Waals surface area contributed by atoms with Crippen LogP contribution in [0.2, 0.25) is 0 Å². The lowest BCUT2D eigenvalue weighted by Gasteiger charge is -2.18. The van der Waals surface area contributed by atoms with Crippen LogP contribution in [0.1, 0.15) is 43.0 Å². The minimum Gasteiger partial charge on any atom is -0.488 e. The predicted octanol–water partition coefficient (Wildman–Crippen LogP) is 6.05. The van der Waals surface area contributed by atoms with Crippen molar-refractivity contribution in [2.24, 2.45) is 4.99 Å². The Morgan fingerprint density at radius 2 is 1.66 bits per heavy atom. The van der Waals surface area contributed by atoms with Crippen LogP contribution in [0.5, 0.6) is 5.75 Å². The molecule has 1 aliphatic rings. The summed E-state index contributed by atoms with van der Waals surface area (Å²) in [5, 5.41) is 0. The fourth-order valence-corrected chi connectivity index (χ4v) is 3.29. The van der Waals surface area contributed by atoms with Crippen molar-refractivity contribution in [1.82, 2.24) is 0 Å². The van der Waals surface area contributed by atoms with E-state index in [-0.39, 0.29) is 29.4 Å². The number of ether oxygens (including phenoxy) is 2. The first-order valence-electron chi connectivity index (χ1n) is 10.4. The molecule has 3 aromatic carbocycles. The highest BCUT2D eigenvalue weighted by Crippen LogP contribution is 2.27. The normalized spacial score (nSPS) is 14.9. The van der Waals surface area contributed by atoms with Crippen LogP contribution in [0, 0.1) is 5.82 Å². The van der Waals surface area contributed by atoms with Gasteiger partial charge in [-0.2, -0.15) is 0 Å². The third kappa shape index (κ3) is 4.78. The first kappa shape index (κ1) is 21.5. The maximum Gasteiger partial charge on any atom is 0.363 e. The Bertz CT molecular complexity index is 1200. The van der Waals surface area contributed by atoms with E-state index in [9.17, 15) is 9.18 Å². The molecule has 32 heavy (non-hydrogen) atoms. The molecule has 0 radical (unpaired) electrons. The van der Waals surface area contributed by atoms with Crippen LogP contribution < -0.4 is 4.74 Å². The van der Waals surface area contributed by atoms with E-state index in [2.05, 4.69) is 25.8 Å². The summed E-state index contributed by atoms with van der Waals surface area (Å²) in [5.74, 6) is -0.0565. The number of para-hydroxylation sites is 1. The Morgan fingerprint density at radius 1 is 0.969 bits per heavy atom. The maximum atomic E-state index is 13.9. The van der Waals surface area contributed by atoms with E-state index >= 15 is 0 Å². The number of cyclic esters (lactones) is 1. The summed E-state index contributed by atoms with van der Waals surface area (Å²) >= 11 is 0. The van der Waals surface area contributed by atoms with Crippen LogP contribution >= 0.6 is 0 Å². The summed E-state index contributed by atoms with van der Waals surface area (Å²) in [6.45, 7) is 6.50. The van der Waals surface area contributed by atoms with Crippen LogP contribution in [-0.2, 0) is 21.6 Å². The van der Waals surface area contributed by atoms with Crippen molar-refractivity contribution in [2.75, 3.05) is 0 Å². The highest BCUT2D eigenvalue weighted by molar-refractivity contribution is 6.13. The minimum atomic E-state index is -0.524. The SMILES string of the molecule is CC(C)(C)c1ccc(C2=N/C(=C/c3ccccc3OCc3ccccc3F)C(=O)O2)cc1. The summed E-state index contributed by atoms with van der Waals surface area (Å²) < 4.78 is 25.1. The Labute approximate surface area is 187 Å². The number of hydrogen-bond donors (Lipinski definition) is 0. The summed E-state index contributed by atoms with van der Waals surface area (Å²) in [4.78, 5) is 16.8. The summed E-state index contributed by atoms with van der Waals surface area (Å²) in [6, 6.07) is 21.5. The van der Waals surface area contributed by atoms with Crippen LogP contribution in [-0.4, -0.2) is 11.9 Å². The van der Waals surface area contributed by atoms with Gasteiger partial charge >= 0.3 is 5.97 Å². The lowest BCUT2D eigenvalue weighted by molar-refractivity contribution is -0.129. The molecule has 3 aromatic rings. The number of hydrogen-bond acceptors (Lipinski definition) is 4. The van der Waals surface area contributed by atoms with Gasteiger partial charge in [0.25, 0.3) is 0 Å². The van der Waals surface area contributed by atoms with E-state index in [0.29, 0.717) is 16.9 Å². The van der Waals surface area contributed by atoms with E-state index in [4.69, 9.17) is 9.47 Å². The Balaban J connectivity index is 1.57. The number of nitrogens with zero attached hydrogens (tertiary/aromatic N) is 1. The quantitative estimate of drug-likeness (QED) is 0.367. The predicted molar refractivity (Wildman–Crippen MR) is 123 cm³/mol. The van der Waals surface area contributed by atoms with Crippen LogP contribution in [0.25, 0.3) is 6.08 Å². The van der Waals surface area contributed by atoms with Gasteiger partial charge in [-0.1, -0.05) is 69.3 Å². The third-order valence-corrected chi connectivity index (χ3v) is 5.17. The van der Waals surface area contributed by atoms with E-state index in [1.165, 1.54) is 11.6 Å². The number of esters is 1. The number of halogens is 1. The molecule has 0 saturated carbocycles. The van der Waals surface area contributed by atoms with Crippen molar-refractivity contribution in [2.45, 2.75) is 32.8 Å². The topological polar surface area (TPSA) is 47.9 Å². The van der Waals surface area contributed by atoms with Crippen molar-refractivity contribution in [3.05, 3.63) is 107 Å². The van der Waals surface area contributed by atoms with Gasteiger partial charge in [0.15, 0.2) is 5.70 Å². The van der Waals surface area contributed by atoms with Gasteiger partial charge in [-0.25, -0.2) is 14.2 Å². The van der Waals surface area contributed by atoms with Gasteiger partial charge in [-0.05, 0) is 41.3 Å². The number of aliphatic imine (C=N–C) groups is 1. The second-order valence-electron chi connectivity index (χ2n) is 8.58. The van der Waals surface area contributed by atoms with Gasteiger partial charge in [0.05, 0.1) is 0 Å². The molecule has 5 heteroatoms. The van der Waals surface area contributed by atoms with Gasteiger partial charge in [0.1, 0.15) is 18.2 Å². The number of carbonyl (C=O) groups excluding carboxylic acids is 1. The van der Waals surface area contributed by atoms with Gasteiger partial charge < -0.3 is 9.47 Å². The van der Waals surface area contributed by atoms with Crippen LogP contribution in [0.3, 0.4) is 0 Å². The molecule has 0 aromatic heterocycles. The molecule has 0 fully saturated rings. The monoisotopic (exact) mass is 429 g/mol. The molecular formula is C27H24FNO3. The van der Waals surface area contributed by atoms with Gasteiger partial charge in [-0.3, -0.25) is 0 Å². The second kappa shape index (κ2) is 8.79. The van der Waals surface area contributed by atoms with Gasteiger partial charge in [-0.15, -0.1) is 0 Å². The first-order chi connectivity index (χ1) is 15.3. The maximum absolute atomic E-state index is 13.9. The lowest BCUT2D eigenvalue weighted by atomic mass is 9.87. The fourth-order valence-electron chi connectivity index (χ4n) is 3.29. The molecule has 4 rings (SSSR count). The zero-order chi connectivity index (χ0) is 22.7. The molecule has 0 N–H and O–H groups in total. The molecule has 4 nitrogen and oxygen atoms in total. The average molecular weight is 429 g/mol. The number of carbonyl (C=O) groups is 1. The highest BCUT2D eigenvalue weighted by atomic mass is 19.1. The fraction of sp³-hybridized carbons (Fsp3) is 0.185. The molecule has 0 aliphatic carbocycles. The molecule has 1 heterocycles. The van der Waals surface area contributed by atoms with Crippen molar-refractivity contribution < 1.29 is 18.7 Å². The zero-order valence-electron chi connectivity index (χ0n) is 18.3. The molecule has 0 spiro atoms. The van der Waals surface area contributed by atoms with Crippen LogP contribution in [0.4, 0.5) is 4.39 Å². The Kier molecular flexibility index (Phi) is 5.91. The largest absolute Gasteiger partial charge is 0.488 e. The van der Waals surface area contributed by atoms with E-state index in [1.54, 1.807) is 30.3 Å². The summed E-state index contributed by atoms with van der Waals surface area (Å²) in [5.41, 5.74) is 3.24. The first-order valence-corrected chi connectivity index (χ1v) is 10.4. The lowest BCUT2D eigenvalue weighted by Crippen LogP contribution is -2.11. The van der Waals surface area contributed by atoms with Crippen LogP contribution in [0.15, 0.2) is 83.5 Å². The summed E-state index contributed by atoms with van der Waals surface area (Å²) in [6.07, 6.45) is 1.62. The molecule has 0 unspecified atom stereocenters. The number of rotatable bonds is 5. The molecule has 0 bridgehead atoms. The zero-order valence-corrected chi connectivity index (χ0v) is 18.3. The Morgan fingerprint density at radius 3 is 2.38 bits per heavy atom. The highest BCUT2D eigenvalue weighted by Gasteiger charge is 2.25. The van der Waals surface area contributed by atoms with Crippen molar-refractivity contribution in [1.29, 1.82) is 0 Å². The molecule has 0 amide bonds. The van der Waals surface area contributed by atoms with Gasteiger partial charge in [0.2, 0.25) is 5.90 Å². The molecule has 0 atom stereocenters. The summed E-state index contributed by atoms with van der Waals surface area (Å²) in [7, 11) is 0. The number of benzene rings is 3. The smallest absolute Gasteiger partial charge is 0.363 e. The third-order valence-electron chi connectivity index (χ3n) is 5.17. The molecular weight excluding hydrogens is 405 g/mol. The average Bonchev–Trinajstić information content (AvgIpc) is 3.14. The Hall–Kier alpha value is -3.73. The molecule has 162 valence electrons. The van der Waals surface area contributed by atoms with Crippen molar-refractivity contribution in [3.63, 3.8) is 0 Å². The van der Waals surface area contributed by atoms with E-state index in [1.807, 2.05) is 42.5 Å². The molecule has 0 saturated heterocycles. The minimum absolute atomic E-state index is 0.0319. The van der Waals surface area contributed by atoms with Gasteiger partial charge in [0, 0.05) is 16.7 Å². The second-order valence-corrected chi connectivity index (χ2v) is 8.58. The standard InChI is InChI=1S/C27H24FNO3/c1-27(2,3)21-14-12-18(13-15-21)25-29-23(26(30)32-25)16-19-8-5-7-11-24(19)31-17-20-9-4-6-10-22(20)28/h4-16H,17H2,1-3H3/b23-16+.